The fourth-order valence-electron chi connectivity index (χ4n) is 3.35. The number of likely N-dealkylation sites (N-methyl/N-ethyl adjacent to an activating group) is 1. The summed E-state index contributed by atoms with van der Waals surface area (Å²) in [5.74, 6) is -0.138. The molecule has 0 aliphatic carbocycles. The first-order valence-corrected chi connectivity index (χ1v) is 9.72. The maximum Gasteiger partial charge on any atom is 0.317 e. The summed E-state index contributed by atoms with van der Waals surface area (Å²) < 4.78 is 5.58. The molecule has 0 spiro atoms. The summed E-state index contributed by atoms with van der Waals surface area (Å²) in [4.78, 5) is 27.2. The number of carbonyl (C=O) groups is 2. The molecule has 0 atom stereocenters. The number of aliphatic carboxylic acids is 1. The van der Waals surface area contributed by atoms with Crippen molar-refractivity contribution < 1.29 is 19.4 Å². The van der Waals surface area contributed by atoms with E-state index < -0.39 is 5.97 Å². The van der Waals surface area contributed by atoms with E-state index in [0.29, 0.717) is 43.6 Å². The number of ether oxygens (including phenoxy) is 1. The second kappa shape index (κ2) is 10.4. The lowest BCUT2D eigenvalue weighted by atomic mass is 10.0. The molecule has 2 N–H and O–H groups in total. The quantitative estimate of drug-likeness (QED) is 0.704. The van der Waals surface area contributed by atoms with E-state index >= 15 is 0 Å². The summed E-state index contributed by atoms with van der Waals surface area (Å²) in [7, 11) is 0. The second-order valence-corrected chi connectivity index (χ2v) is 6.96. The largest absolute Gasteiger partial charge is 0.493 e. The van der Waals surface area contributed by atoms with Gasteiger partial charge in [-0.25, -0.2) is 4.79 Å². The molecule has 2 amide bonds. The van der Waals surface area contributed by atoms with E-state index in [4.69, 9.17) is 21.4 Å². The van der Waals surface area contributed by atoms with Gasteiger partial charge in [-0.3, -0.25) is 9.69 Å². The number of nitrogens with one attached hydrogen (secondary N) is 1. The van der Waals surface area contributed by atoms with Crippen molar-refractivity contribution in [1.29, 1.82) is 0 Å². The van der Waals surface area contributed by atoms with Gasteiger partial charge in [0, 0.05) is 36.3 Å². The van der Waals surface area contributed by atoms with Crippen LogP contribution in [-0.4, -0.2) is 65.7 Å². The molecular weight excluding hydrogens is 370 g/mol. The minimum atomic E-state index is -0.815. The molecule has 1 aromatic rings. The summed E-state index contributed by atoms with van der Waals surface area (Å²) in [5, 5.41) is 12.5. The third-order valence-corrected chi connectivity index (χ3v) is 5.01. The monoisotopic (exact) mass is 397 g/mol. The van der Waals surface area contributed by atoms with Crippen LogP contribution in [0.15, 0.2) is 18.2 Å². The topological polar surface area (TPSA) is 82.1 Å². The van der Waals surface area contributed by atoms with Crippen molar-refractivity contribution in [2.75, 3.05) is 32.8 Å². The molecule has 1 heterocycles. The highest BCUT2D eigenvalue weighted by Gasteiger charge is 2.27. The van der Waals surface area contributed by atoms with E-state index in [1.165, 1.54) is 0 Å². The summed E-state index contributed by atoms with van der Waals surface area (Å²) in [6.45, 7) is 6.73. The molecule has 27 heavy (non-hydrogen) atoms. The van der Waals surface area contributed by atoms with Crippen LogP contribution in [0.3, 0.4) is 0 Å². The Hall–Kier alpha value is -1.99. The van der Waals surface area contributed by atoms with E-state index in [9.17, 15) is 9.59 Å². The van der Waals surface area contributed by atoms with Crippen molar-refractivity contribution in [3.63, 3.8) is 0 Å². The Balaban J connectivity index is 1.85. The minimum Gasteiger partial charge on any atom is -0.493 e. The molecule has 8 heteroatoms. The highest BCUT2D eigenvalue weighted by Crippen LogP contribution is 2.23. The number of nitrogens with zero attached hydrogens (tertiary/aromatic N) is 2. The van der Waals surface area contributed by atoms with Gasteiger partial charge in [0.25, 0.3) is 0 Å². The average Bonchev–Trinajstić information content (AvgIpc) is 2.65. The number of piperidine rings is 1. The summed E-state index contributed by atoms with van der Waals surface area (Å²) in [6, 6.07) is 5.46. The highest BCUT2D eigenvalue weighted by molar-refractivity contribution is 6.30. The number of hydrogen-bond donors (Lipinski definition) is 2. The Morgan fingerprint density at radius 2 is 2.04 bits per heavy atom. The molecule has 0 unspecified atom stereocenters. The second-order valence-electron chi connectivity index (χ2n) is 6.52. The van der Waals surface area contributed by atoms with Gasteiger partial charge in [0.1, 0.15) is 5.75 Å². The molecule has 1 saturated heterocycles. The van der Waals surface area contributed by atoms with Crippen LogP contribution in [0.2, 0.25) is 5.02 Å². The van der Waals surface area contributed by atoms with E-state index in [0.717, 1.165) is 18.4 Å². The van der Waals surface area contributed by atoms with Gasteiger partial charge in [-0.1, -0.05) is 24.6 Å². The summed E-state index contributed by atoms with van der Waals surface area (Å²) in [5.41, 5.74) is 0.878. The number of urea groups is 1. The Morgan fingerprint density at radius 3 is 2.63 bits per heavy atom. The molecular formula is C19H28ClN3O4. The summed E-state index contributed by atoms with van der Waals surface area (Å²) in [6.07, 6.45) is 1.55. The third-order valence-electron chi connectivity index (χ3n) is 4.77. The van der Waals surface area contributed by atoms with Crippen LogP contribution in [-0.2, 0) is 11.3 Å². The van der Waals surface area contributed by atoms with E-state index in [1.807, 2.05) is 24.8 Å². The lowest BCUT2D eigenvalue weighted by molar-refractivity contribution is -0.139. The third kappa shape index (κ3) is 6.29. The number of hydrogen-bond acceptors (Lipinski definition) is 4. The molecule has 150 valence electrons. The first-order chi connectivity index (χ1) is 12.9. The zero-order chi connectivity index (χ0) is 19.8. The lowest BCUT2D eigenvalue weighted by Crippen LogP contribution is -2.50. The normalized spacial score (nSPS) is 15.0. The number of carbonyl (C=O) groups excluding carboxylic acids is 1. The molecule has 1 aliphatic heterocycles. The highest BCUT2D eigenvalue weighted by atomic mass is 35.5. The number of amides is 2. The van der Waals surface area contributed by atoms with Gasteiger partial charge in [-0.05, 0) is 38.4 Å². The maximum atomic E-state index is 12.5. The molecule has 0 radical (unpaired) electrons. The fourth-order valence-corrected chi connectivity index (χ4v) is 3.52. The van der Waals surface area contributed by atoms with Crippen LogP contribution in [0, 0.1) is 0 Å². The Bertz CT molecular complexity index is 648. The number of benzene rings is 1. The maximum absolute atomic E-state index is 12.5. The van der Waals surface area contributed by atoms with Gasteiger partial charge in [-0.2, -0.15) is 0 Å². The number of carboxylic acid groups (broad SMARTS) is 1. The SMILES string of the molecule is CCOc1cc(Cl)ccc1CNC(=O)N1CCC(N(CC)CC(=O)O)CC1. The van der Waals surface area contributed by atoms with Crippen molar-refractivity contribution in [3.8, 4) is 5.75 Å². The van der Waals surface area contributed by atoms with Crippen molar-refractivity contribution in [1.82, 2.24) is 15.1 Å². The molecule has 1 fully saturated rings. The number of rotatable bonds is 8. The van der Waals surface area contributed by atoms with Crippen LogP contribution < -0.4 is 10.1 Å². The standard InChI is InChI=1S/C19H28ClN3O4/c1-3-22(13-18(24)25)16-7-9-23(10-8-16)19(26)21-12-14-5-6-15(20)11-17(14)27-4-2/h5-6,11,16H,3-4,7-10,12-13H2,1-2H3,(H,21,26)(H,24,25). The van der Waals surface area contributed by atoms with Crippen LogP contribution >= 0.6 is 11.6 Å². The van der Waals surface area contributed by atoms with Crippen molar-refractivity contribution in [3.05, 3.63) is 28.8 Å². The Labute approximate surface area is 165 Å². The minimum absolute atomic E-state index is 0.0458. The zero-order valence-electron chi connectivity index (χ0n) is 15.9. The average molecular weight is 398 g/mol. The summed E-state index contributed by atoms with van der Waals surface area (Å²) >= 11 is 6.00. The number of halogens is 1. The molecule has 0 aromatic heterocycles. The molecule has 7 nitrogen and oxygen atoms in total. The lowest BCUT2D eigenvalue weighted by Gasteiger charge is -2.37. The molecule has 0 bridgehead atoms. The first kappa shape index (κ1) is 21.3. The van der Waals surface area contributed by atoms with Crippen LogP contribution in [0.25, 0.3) is 0 Å². The van der Waals surface area contributed by atoms with Crippen LogP contribution in [0.1, 0.15) is 32.3 Å². The predicted octanol–water partition coefficient (Wildman–Crippen LogP) is 2.82. The fraction of sp³-hybridized carbons (Fsp3) is 0.579. The van der Waals surface area contributed by atoms with Gasteiger partial charge in [0.05, 0.1) is 13.2 Å². The smallest absolute Gasteiger partial charge is 0.317 e. The molecule has 0 saturated carbocycles. The Morgan fingerprint density at radius 1 is 1.33 bits per heavy atom. The Kier molecular flexibility index (Phi) is 8.19. The van der Waals surface area contributed by atoms with Gasteiger partial charge in [-0.15, -0.1) is 0 Å². The predicted molar refractivity (Wildman–Crippen MR) is 104 cm³/mol. The van der Waals surface area contributed by atoms with E-state index in [-0.39, 0.29) is 18.6 Å². The van der Waals surface area contributed by atoms with Crippen molar-refractivity contribution in [2.45, 2.75) is 39.3 Å². The molecule has 2 rings (SSSR count). The van der Waals surface area contributed by atoms with Gasteiger partial charge in [0.2, 0.25) is 0 Å². The van der Waals surface area contributed by atoms with Gasteiger partial charge < -0.3 is 20.1 Å². The number of carboxylic acids is 1. The number of likely N-dealkylation sites (tertiary alicyclic amines) is 1. The van der Waals surface area contributed by atoms with Crippen LogP contribution in [0.5, 0.6) is 5.75 Å². The van der Waals surface area contributed by atoms with Crippen molar-refractivity contribution >= 4 is 23.6 Å². The van der Waals surface area contributed by atoms with Gasteiger partial charge in [0.15, 0.2) is 0 Å². The zero-order valence-corrected chi connectivity index (χ0v) is 16.7. The molecule has 1 aromatic carbocycles. The van der Waals surface area contributed by atoms with Gasteiger partial charge >= 0.3 is 12.0 Å². The first-order valence-electron chi connectivity index (χ1n) is 9.34. The van der Waals surface area contributed by atoms with E-state index in [1.54, 1.807) is 17.0 Å². The molecule has 1 aliphatic rings. The van der Waals surface area contributed by atoms with Crippen molar-refractivity contribution in [2.24, 2.45) is 0 Å². The van der Waals surface area contributed by atoms with Crippen LogP contribution in [0.4, 0.5) is 4.79 Å². The van der Waals surface area contributed by atoms with E-state index in [2.05, 4.69) is 5.32 Å².